The summed E-state index contributed by atoms with van der Waals surface area (Å²) < 4.78 is 121. The molecule has 142 heavy (non-hydrogen) atoms. The van der Waals surface area contributed by atoms with Crippen molar-refractivity contribution in [1.29, 1.82) is 0 Å². The lowest BCUT2D eigenvalue weighted by Gasteiger charge is -2.26. The molecule has 0 amide bonds. The van der Waals surface area contributed by atoms with Crippen LogP contribution in [0.3, 0.4) is 0 Å². The Hall–Kier alpha value is -5.33. The molecule has 0 saturated heterocycles. The Bertz CT molecular complexity index is 3510. The molecule has 0 aliphatic heterocycles. The van der Waals surface area contributed by atoms with Crippen LogP contribution in [0.2, 0.25) is 0 Å². The number of aliphatic hydroxyl groups is 3. The summed E-state index contributed by atoms with van der Waals surface area (Å²) in [7, 11) is -24.2. The van der Waals surface area contributed by atoms with Gasteiger partial charge in [-0.15, -0.1) is 0 Å². The number of carbonyl (C=O) groups is 10. The molecule has 5 unspecified atom stereocenters. The number of carbonyl (C=O) groups excluding carboxylic acids is 10. The number of phosphoric acid groups is 5. The molecule has 0 heterocycles. The zero-order chi connectivity index (χ0) is 108. The Balaban J connectivity index is -0.000000600. The summed E-state index contributed by atoms with van der Waals surface area (Å²) in [5, 5.41) is 78.7. The van der Waals surface area contributed by atoms with E-state index in [4.69, 9.17) is 43.3 Å². The normalized spacial score (nSPS) is 15.3. The van der Waals surface area contributed by atoms with Gasteiger partial charge in [-0.05, 0) is 57.8 Å². The monoisotopic (exact) mass is 2150 g/mol. The van der Waals surface area contributed by atoms with Crippen molar-refractivity contribution in [2.24, 2.45) is 0 Å². The molecule has 0 aromatic rings. The fraction of sp³-hybridized carbons (Fsp3) is 0.865. The highest BCUT2D eigenvalue weighted by Gasteiger charge is 2.27. The minimum absolute atomic E-state index is 0.134. The third kappa shape index (κ3) is 106. The Morgan fingerprint density at radius 1 is 0.261 bits per heavy atom. The largest absolute Gasteiger partial charge is 0.756 e. The molecule has 19 N–H and O–H groups in total. The van der Waals surface area contributed by atoms with E-state index < -0.39 is 226 Å². The molecule has 0 aliphatic rings. The van der Waals surface area contributed by atoms with E-state index in [1.807, 2.05) is 13.8 Å². The molecular formula is C89H171N5O43P5-5. The first-order valence-corrected chi connectivity index (χ1v) is 57.1. The Morgan fingerprint density at radius 3 is 0.690 bits per heavy atom. The van der Waals surface area contributed by atoms with Crippen molar-refractivity contribution in [1.82, 2.24) is 0 Å². The molecular weight excluding hydrogens is 1980 g/mol. The van der Waals surface area contributed by atoms with Crippen molar-refractivity contribution in [3.05, 3.63) is 12.2 Å². The first kappa shape index (κ1) is 145. The number of allylic oxidation sites excluding steroid dienone is 2. The fourth-order valence-electron chi connectivity index (χ4n) is 11.7. The van der Waals surface area contributed by atoms with Crippen LogP contribution in [0, 0.1) is 0 Å². The third-order valence-corrected chi connectivity index (χ3v) is 24.4. The Morgan fingerprint density at radius 2 is 0.451 bits per heavy atom. The number of phosphoric ester groups is 5. The van der Waals surface area contributed by atoms with Gasteiger partial charge in [0, 0.05) is 32.1 Å². The summed E-state index contributed by atoms with van der Waals surface area (Å²) in [4.78, 5) is 176. The molecule has 0 bridgehead atoms. The number of rotatable bonds is 92. The molecule has 0 saturated carbocycles. The van der Waals surface area contributed by atoms with Gasteiger partial charge in [0.2, 0.25) is 0 Å². The van der Waals surface area contributed by atoms with Crippen LogP contribution in [-0.2, 0) is 135 Å². The van der Waals surface area contributed by atoms with Gasteiger partial charge in [-0.25, -0.2) is 0 Å². The van der Waals surface area contributed by atoms with Gasteiger partial charge < -0.3 is 187 Å². The second-order valence-electron chi connectivity index (χ2n) is 34.0. The topological polar surface area (TPSA) is 835 Å². The lowest BCUT2D eigenvalue weighted by Crippen LogP contribution is -2.70. The van der Waals surface area contributed by atoms with Crippen LogP contribution in [0.1, 0.15) is 356 Å². The van der Waals surface area contributed by atoms with Crippen molar-refractivity contribution in [2.45, 2.75) is 410 Å². The van der Waals surface area contributed by atoms with Crippen molar-refractivity contribution in [3.63, 3.8) is 0 Å². The van der Waals surface area contributed by atoms with Crippen LogP contribution in [-0.4, -0.2) is 220 Å². The first-order chi connectivity index (χ1) is 67.0. The predicted octanol–water partition coefficient (Wildman–Crippen LogP) is -0.454. The summed E-state index contributed by atoms with van der Waals surface area (Å²) in [5.41, 5.74) is 15.6. The number of unbranched alkanes of at least 4 members (excludes halogenated alkanes) is 39. The van der Waals surface area contributed by atoms with Crippen LogP contribution in [0.5, 0.6) is 0 Å². The van der Waals surface area contributed by atoms with E-state index >= 15 is 0 Å². The zero-order valence-electron chi connectivity index (χ0n) is 84.4. The summed E-state index contributed by atoms with van der Waals surface area (Å²) >= 11 is 0. The number of hydrogen-bond acceptors (Lipinski definition) is 42. The molecule has 0 aliphatic carbocycles. The number of hydrogen-bond donors (Lipinski definition) is 9. The minimum atomic E-state index is -4.95. The van der Waals surface area contributed by atoms with Gasteiger partial charge in [0.05, 0.1) is 33.0 Å². The maximum atomic E-state index is 12.6. The van der Waals surface area contributed by atoms with Crippen molar-refractivity contribution < 1.29 is 234 Å². The van der Waals surface area contributed by atoms with Crippen molar-refractivity contribution >= 4 is 98.8 Å². The lowest BCUT2D eigenvalue weighted by atomic mass is 10.0. The van der Waals surface area contributed by atoms with Crippen LogP contribution in [0.4, 0.5) is 0 Å². The van der Waals surface area contributed by atoms with Gasteiger partial charge in [-0.2, -0.15) is 0 Å². The smallest absolute Gasteiger partial charge is 0.306 e. The first-order valence-electron chi connectivity index (χ1n) is 49.8. The summed E-state index contributed by atoms with van der Waals surface area (Å²) in [5.74, 6) is -10.4. The highest BCUT2D eigenvalue weighted by molar-refractivity contribution is 7.46. The molecule has 0 radical (unpaired) electrons. The van der Waals surface area contributed by atoms with Crippen LogP contribution in [0.15, 0.2) is 12.2 Å². The summed E-state index contributed by atoms with van der Waals surface area (Å²) in [6.07, 6.45) is 51.1. The Labute approximate surface area is 837 Å². The van der Waals surface area contributed by atoms with E-state index in [0.29, 0.717) is 32.1 Å². The summed E-state index contributed by atoms with van der Waals surface area (Å²) in [6.45, 7) is 2.48. The molecule has 840 valence electrons. The minimum Gasteiger partial charge on any atom is -0.756 e. The molecule has 53 heteroatoms. The number of carboxylic acids is 5. The second-order valence-corrected chi connectivity index (χ2v) is 40.8. The molecule has 0 rings (SSSR count). The van der Waals surface area contributed by atoms with Gasteiger partial charge in [0.25, 0.3) is 39.1 Å². The van der Waals surface area contributed by atoms with E-state index in [9.17, 15) is 126 Å². The van der Waals surface area contributed by atoms with E-state index in [1.165, 1.54) is 154 Å². The highest BCUT2D eigenvalue weighted by atomic mass is 31.2. The molecule has 0 aromatic carbocycles. The second kappa shape index (κ2) is 95.3. The molecule has 0 aromatic heterocycles. The zero-order valence-corrected chi connectivity index (χ0v) is 88.9. The van der Waals surface area contributed by atoms with Gasteiger partial charge in [0.1, 0.15) is 125 Å². The quantitative estimate of drug-likeness (QED) is 0.0122. The van der Waals surface area contributed by atoms with Gasteiger partial charge in [0.15, 0.2) is 12.2 Å². The van der Waals surface area contributed by atoms with Crippen LogP contribution < -0.4 is 78.7 Å². The Kier molecular flexibility index (Phi) is 97.4. The van der Waals surface area contributed by atoms with Gasteiger partial charge in [-0.3, -0.25) is 46.8 Å². The number of ether oxygens (including phenoxy) is 5. The van der Waals surface area contributed by atoms with Gasteiger partial charge >= 0.3 is 29.8 Å². The lowest BCUT2D eigenvalue weighted by molar-refractivity contribution is -0.441. The highest BCUT2D eigenvalue weighted by Crippen LogP contribution is 2.41. The summed E-state index contributed by atoms with van der Waals surface area (Å²) in [6, 6.07) is -6.88. The molecule has 14 atom stereocenters. The van der Waals surface area contributed by atoms with E-state index in [0.717, 1.165) is 103 Å². The number of carboxylic acid groups (broad SMARTS) is 5. The molecule has 48 nitrogen and oxygen atoms in total. The van der Waals surface area contributed by atoms with Gasteiger partial charge in [-0.1, -0.05) is 278 Å². The maximum Gasteiger partial charge on any atom is 0.306 e. The number of quaternary nitrogens is 5. The average Bonchev–Trinajstić information content (AvgIpc) is 0.907. The van der Waals surface area contributed by atoms with Crippen LogP contribution >= 0.6 is 39.1 Å². The van der Waals surface area contributed by atoms with E-state index in [2.05, 4.69) is 97.8 Å². The van der Waals surface area contributed by atoms with Crippen LogP contribution in [0.25, 0.3) is 0 Å². The third-order valence-electron chi connectivity index (χ3n) is 20.2. The standard InChI is InChI=1S/C40H76NO10P.C22H44NO9P.C18H34NO10P.C6H14NO8P.C3H8NO6P/c1-3-5-7-9-11-13-15-17-18-20-22-24-26-28-30-32-39(43)51-36(34-49-52(46,47)50-35-37(41)40(44)45)33-48-38(42)31-29-27-25-23-21-19-16-14-12-10-8-6-4-2;1-2-3-4-5-6-7-8-9-10-11-12-13-14-15-21(25)30-16-19(24)17-31-33(28,29)32-18-20(23)22(26)27;1-3-5-7-9-16(20)26-11-14(29-17(21)10-8-6-4-2)12-27-30(24,25)28-13-15(19)18(22)23;7-5(6(10)11)3-15-16(12,13)14-2-4(9)1-8;4-2(3(5)6)1-10-11(7,8)9/h17-18,36-37H,3-16,19-35,41H2,1-2H3,(H,44,45)(H,46,47);19-20,24H,2-18,23H2,1H3,(H,26,27)(H,28,29);14-15H,3-13,19H2,1-2H3,(H,22,23)(H,24,25);4-5,8-9H,1-3,7H2,(H,10,11)(H,12,13);2H,1,4H2,(H,5,6)(H2,7,8,9)/p-5/b18-17-;;;;/t36-,37+;19-,20+;14-,15+;4-,5+;2-/m11110/s1. The fourth-order valence-corrected chi connectivity index (χ4v) is 15.2. The number of aliphatic hydroxyl groups excluding tert-OH is 3. The maximum absolute atomic E-state index is 12.6. The van der Waals surface area contributed by atoms with E-state index in [1.54, 1.807) is 0 Å². The SMILES string of the molecule is CCCCCC(=O)OC[C@H](COP(=O)([O-])OC[C@H]([NH3+])C(=O)[O-])OC(=O)CCCCC.CCCCCCCC/C=C\CCCCCCCC(=O)O[C@H](COC(=O)CCCCCCCCCCCCCCC)COP(=O)([O-])OC[C@H]([NH3+])C(=O)[O-].CCCCCCCCCCCCCCCC(=O)OC[C@@H](O)COP(=O)([O-])OC[C@H]([NH3+])C(=O)[O-].[NH3+][C@@H](COP(=O)([O-])O)C(=O)[O-].[NH3+][C@@H](COP(=O)([O-])OC[C@H](O)CO)C(=O)[O-]. The van der Waals surface area contributed by atoms with Crippen molar-refractivity contribution in [3.8, 4) is 0 Å². The number of esters is 5. The van der Waals surface area contributed by atoms with E-state index in [-0.39, 0.29) is 45.3 Å². The average molecular weight is 2150 g/mol. The molecule has 0 spiro atoms. The number of aliphatic carboxylic acids is 5. The predicted molar refractivity (Wildman–Crippen MR) is 492 cm³/mol. The van der Waals surface area contributed by atoms with Crippen molar-refractivity contribution in [2.75, 3.05) is 85.9 Å². The molecule has 0 fully saturated rings.